The molecule has 2 aromatic rings. The molecular weight excluding hydrogens is 345 g/mol. The van der Waals surface area contributed by atoms with E-state index < -0.39 is 6.30 Å². The molecule has 128 valence electrons. The fourth-order valence-corrected chi connectivity index (χ4v) is 2.00. The number of alkyl halides is 3. The van der Waals surface area contributed by atoms with Crippen LogP contribution >= 0.6 is 11.6 Å². The molecule has 5 nitrogen and oxygen atoms in total. The minimum Gasteiger partial charge on any atom is -0.396 e. The molecule has 0 amide bonds. The quantitative estimate of drug-likeness (QED) is 0.651. The van der Waals surface area contributed by atoms with Crippen LogP contribution in [-0.4, -0.2) is 32.5 Å². The normalized spacial score (nSPS) is 12.4. The number of aliphatic hydroxyl groups is 1. The van der Waals surface area contributed by atoms with Crippen molar-refractivity contribution in [3.8, 4) is 11.8 Å². The first kappa shape index (κ1) is 18.1. The Bertz CT molecular complexity index is 764. The molecule has 2 aromatic heterocycles. The van der Waals surface area contributed by atoms with Gasteiger partial charge in [0.25, 0.3) is 0 Å². The Morgan fingerprint density at radius 2 is 2.12 bits per heavy atom. The van der Waals surface area contributed by atoms with Gasteiger partial charge in [-0.25, -0.2) is 4.98 Å². The first-order chi connectivity index (χ1) is 11.3. The van der Waals surface area contributed by atoms with Crippen molar-refractivity contribution >= 4 is 17.3 Å². The Morgan fingerprint density at radius 1 is 1.38 bits per heavy atom. The first-order valence-electron chi connectivity index (χ1n) is 6.96. The van der Waals surface area contributed by atoms with Crippen molar-refractivity contribution in [2.75, 3.05) is 11.9 Å². The van der Waals surface area contributed by atoms with E-state index in [1.54, 1.807) is 6.07 Å². The van der Waals surface area contributed by atoms with Crippen molar-refractivity contribution in [1.29, 1.82) is 0 Å². The molecule has 2 rings (SSSR count). The maximum Gasteiger partial charge on any atom is 0.504 e. The van der Waals surface area contributed by atoms with E-state index in [1.165, 1.54) is 6.20 Å². The van der Waals surface area contributed by atoms with Crippen LogP contribution in [0.1, 0.15) is 24.5 Å². The number of aliphatic hydroxyl groups excluding tert-OH is 1. The van der Waals surface area contributed by atoms with Gasteiger partial charge in [0, 0.05) is 25.0 Å². The molecule has 0 fully saturated rings. The molecule has 0 unspecified atom stereocenters. The molecule has 2 N–H and O–H groups in total. The zero-order valence-electron chi connectivity index (χ0n) is 12.6. The van der Waals surface area contributed by atoms with Crippen LogP contribution in [0.5, 0.6) is 0 Å². The lowest BCUT2D eigenvalue weighted by Gasteiger charge is -2.15. The first-order valence-corrected chi connectivity index (χ1v) is 7.34. The van der Waals surface area contributed by atoms with Crippen LogP contribution in [-0.2, 0) is 6.30 Å². The van der Waals surface area contributed by atoms with E-state index in [2.05, 4.69) is 27.2 Å². The molecule has 0 aliphatic heterocycles. The molecule has 0 bridgehead atoms. The van der Waals surface area contributed by atoms with Gasteiger partial charge in [-0.3, -0.25) is 0 Å². The molecule has 0 aliphatic rings. The van der Waals surface area contributed by atoms with E-state index in [4.69, 9.17) is 16.7 Å². The van der Waals surface area contributed by atoms with Crippen LogP contribution in [0.3, 0.4) is 0 Å². The molecule has 0 saturated carbocycles. The average molecular weight is 359 g/mol. The Hall–Kier alpha value is -2.24. The molecule has 0 aromatic carbocycles. The van der Waals surface area contributed by atoms with Gasteiger partial charge < -0.3 is 10.4 Å². The predicted octanol–water partition coefficient (Wildman–Crippen LogP) is 2.99. The third kappa shape index (κ3) is 4.88. The number of rotatable bonds is 4. The third-order valence-corrected chi connectivity index (χ3v) is 3.23. The van der Waals surface area contributed by atoms with Gasteiger partial charge in [-0.05, 0) is 19.4 Å². The van der Waals surface area contributed by atoms with Crippen LogP contribution in [0.2, 0.25) is 5.15 Å². The van der Waals surface area contributed by atoms with Crippen LogP contribution in [0, 0.1) is 11.8 Å². The minimum atomic E-state index is -4.58. The van der Waals surface area contributed by atoms with Crippen molar-refractivity contribution in [3.63, 3.8) is 0 Å². The number of anilines is 1. The smallest absolute Gasteiger partial charge is 0.396 e. The zero-order chi connectivity index (χ0) is 17.7. The number of aromatic nitrogens is 3. The topological polar surface area (TPSA) is 63.0 Å². The van der Waals surface area contributed by atoms with Crippen molar-refractivity contribution in [2.24, 2.45) is 0 Å². The second-order valence-corrected chi connectivity index (χ2v) is 5.39. The Labute approximate surface area is 141 Å². The standard InChI is InChI=1S/C15H14ClF3N4O/c1-10(4-5-24)22-13-6-14(16)20-8-12(13)3-2-11-7-21-23(9-11)15(17,18)19/h6-10,24H,4-5H2,1H3,(H,20,22)/t10-/m0/s1. The lowest BCUT2D eigenvalue weighted by atomic mass is 10.2. The number of halogens is 4. The number of pyridine rings is 1. The second kappa shape index (κ2) is 7.55. The van der Waals surface area contributed by atoms with Crippen molar-refractivity contribution in [1.82, 2.24) is 14.8 Å². The highest BCUT2D eigenvalue weighted by Crippen LogP contribution is 2.22. The molecule has 0 aliphatic carbocycles. The molecule has 0 spiro atoms. The summed E-state index contributed by atoms with van der Waals surface area (Å²) < 4.78 is 37.3. The fraction of sp³-hybridized carbons (Fsp3) is 0.333. The van der Waals surface area contributed by atoms with E-state index in [9.17, 15) is 13.2 Å². The van der Waals surface area contributed by atoms with E-state index in [0.717, 1.165) is 12.4 Å². The van der Waals surface area contributed by atoms with E-state index in [0.29, 0.717) is 17.7 Å². The number of hydrogen-bond donors (Lipinski definition) is 2. The van der Waals surface area contributed by atoms with Crippen LogP contribution in [0.4, 0.5) is 18.9 Å². The van der Waals surface area contributed by atoms with E-state index >= 15 is 0 Å². The number of nitrogens with one attached hydrogen (secondary N) is 1. The van der Waals surface area contributed by atoms with Crippen molar-refractivity contribution in [2.45, 2.75) is 25.7 Å². The number of nitrogens with zero attached hydrogens (tertiary/aromatic N) is 3. The minimum absolute atomic E-state index is 0.0185. The summed E-state index contributed by atoms with van der Waals surface area (Å²) in [6.45, 7) is 1.89. The van der Waals surface area contributed by atoms with Crippen LogP contribution in [0.25, 0.3) is 0 Å². The Morgan fingerprint density at radius 3 is 2.75 bits per heavy atom. The molecule has 0 saturated heterocycles. The molecule has 24 heavy (non-hydrogen) atoms. The van der Waals surface area contributed by atoms with Crippen LogP contribution in [0.15, 0.2) is 24.7 Å². The summed E-state index contributed by atoms with van der Waals surface area (Å²) >= 11 is 5.86. The monoisotopic (exact) mass is 358 g/mol. The summed E-state index contributed by atoms with van der Waals surface area (Å²) in [4.78, 5) is 3.92. The summed E-state index contributed by atoms with van der Waals surface area (Å²) in [7, 11) is 0. The highest BCUT2D eigenvalue weighted by atomic mass is 35.5. The van der Waals surface area contributed by atoms with Gasteiger partial charge in [0.2, 0.25) is 0 Å². The predicted molar refractivity (Wildman–Crippen MR) is 83.5 cm³/mol. The highest BCUT2D eigenvalue weighted by Gasteiger charge is 2.31. The Balaban J connectivity index is 2.25. The third-order valence-electron chi connectivity index (χ3n) is 3.02. The van der Waals surface area contributed by atoms with E-state index in [1.807, 2.05) is 6.92 Å². The molecule has 1 atom stereocenters. The van der Waals surface area contributed by atoms with Gasteiger partial charge in [-0.15, -0.1) is 13.2 Å². The van der Waals surface area contributed by atoms with Gasteiger partial charge in [0.1, 0.15) is 5.15 Å². The lowest BCUT2D eigenvalue weighted by Crippen LogP contribution is -2.17. The largest absolute Gasteiger partial charge is 0.504 e. The summed E-state index contributed by atoms with van der Waals surface area (Å²) in [5.74, 6) is 5.36. The molecule has 9 heteroatoms. The maximum atomic E-state index is 12.5. The molecule has 2 heterocycles. The summed E-state index contributed by atoms with van der Waals surface area (Å²) in [6.07, 6.45) is -0.792. The lowest BCUT2D eigenvalue weighted by molar-refractivity contribution is -0.212. The van der Waals surface area contributed by atoms with Gasteiger partial charge in [0.05, 0.1) is 23.0 Å². The summed E-state index contributed by atoms with van der Waals surface area (Å²) in [5.41, 5.74) is 1.19. The zero-order valence-corrected chi connectivity index (χ0v) is 13.4. The summed E-state index contributed by atoms with van der Waals surface area (Å²) in [6, 6.07) is 1.53. The average Bonchev–Trinajstić information content (AvgIpc) is 2.95. The van der Waals surface area contributed by atoms with Gasteiger partial charge in [-0.1, -0.05) is 23.4 Å². The number of hydrogen-bond acceptors (Lipinski definition) is 4. The van der Waals surface area contributed by atoms with Gasteiger partial charge in [-0.2, -0.15) is 9.78 Å². The van der Waals surface area contributed by atoms with Gasteiger partial charge in [0.15, 0.2) is 0 Å². The molecule has 0 radical (unpaired) electrons. The fourth-order valence-electron chi connectivity index (χ4n) is 1.85. The molecular formula is C15H14ClF3N4O. The van der Waals surface area contributed by atoms with Crippen LogP contribution < -0.4 is 5.32 Å². The maximum absolute atomic E-state index is 12.5. The van der Waals surface area contributed by atoms with Crippen molar-refractivity contribution < 1.29 is 18.3 Å². The van der Waals surface area contributed by atoms with Gasteiger partial charge >= 0.3 is 6.30 Å². The summed E-state index contributed by atoms with van der Waals surface area (Å²) in [5, 5.41) is 15.6. The van der Waals surface area contributed by atoms with E-state index in [-0.39, 0.29) is 28.0 Å². The highest BCUT2D eigenvalue weighted by molar-refractivity contribution is 6.29. The Kier molecular flexibility index (Phi) is 5.70. The SMILES string of the molecule is C[C@@H](CCO)Nc1cc(Cl)ncc1C#Cc1cnn(C(F)(F)F)c1. The van der Waals surface area contributed by atoms with Crippen molar-refractivity contribution in [3.05, 3.63) is 40.9 Å². The second-order valence-electron chi connectivity index (χ2n) is 5.00.